The highest BCUT2D eigenvalue weighted by molar-refractivity contribution is 7.89. The van der Waals surface area contributed by atoms with Crippen LogP contribution in [0.1, 0.15) is 37.0 Å². The first-order valence-electron chi connectivity index (χ1n) is 5.62. The monoisotopic (exact) mass is 273 g/mol. The molecule has 1 aromatic rings. The Hall–Kier alpha value is -1.41. The van der Waals surface area contributed by atoms with Crippen LogP contribution in [0.5, 0.6) is 0 Å². The second-order valence-corrected chi connectivity index (χ2v) is 6.12. The molecule has 0 aromatic carbocycles. The van der Waals surface area contributed by atoms with E-state index in [-0.39, 0.29) is 17.2 Å². The highest BCUT2D eigenvalue weighted by Crippen LogP contribution is 2.36. The van der Waals surface area contributed by atoms with E-state index in [4.69, 9.17) is 4.74 Å². The zero-order valence-electron chi connectivity index (χ0n) is 10.2. The average molecular weight is 273 g/mol. The van der Waals surface area contributed by atoms with Crippen molar-refractivity contribution in [1.29, 1.82) is 0 Å². The summed E-state index contributed by atoms with van der Waals surface area (Å²) in [5, 5.41) is 5.69. The lowest BCUT2D eigenvalue weighted by Crippen LogP contribution is -2.35. The maximum atomic E-state index is 12.1. The maximum absolute atomic E-state index is 12.1. The predicted octanol–water partition coefficient (Wildman–Crippen LogP) is 0.417. The number of nitrogens with zero attached hydrogens (tertiary/aromatic N) is 1. The smallest absolute Gasteiger partial charge is 0.342 e. The number of rotatable bonds is 5. The summed E-state index contributed by atoms with van der Waals surface area (Å²) < 4.78 is 31.5. The minimum absolute atomic E-state index is 0.0754. The van der Waals surface area contributed by atoms with E-state index in [0.29, 0.717) is 0 Å². The normalized spacial score (nSPS) is 17.4. The Morgan fingerprint density at radius 1 is 1.61 bits per heavy atom. The molecule has 0 radical (unpaired) electrons. The average Bonchev–Trinajstić information content (AvgIpc) is 2.83. The van der Waals surface area contributed by atoms with Gasteiger partial charge < -0.3 is 4.74 Å². The molecule has 18 heavy (non-hydrogen) atoms. The van der Waals surface area contributed by atoms with Crippen LogP contribution in [0.2, 0.25) is 0 Å². The van der Waals surface area contributed by atoms with Crippen LogP contribution in [0.4, 0.5) is 0 Å². The molecule has 0 spiro atoms. The molecule has 0 saturated heterocycles. The van der Waals surface area contributed by atoms with E-state index >= 15 is 0 Å². The number of carbonyl (C=O) groups is 1. The zero-order chi connectivity index (χ0) is 13.4. The van der Waals surface area contributed by atoms with Crippen molar-refractivity contribution < 1.29 is 17.9 Å². The Kier molecular flexibility index (Phi) is 3.16. The van der Waals surface area contributed by atoms with Crippen LogP contribution in [-0.2, 0) is 14.8 Å². The third-order valence-electron chi connectivity index (χ3n) is 2.75. The van der Waals surface area contributed by atoms with Gasteiger partial charge in [-0.15, -0.1) is 0 Å². The molecule has 0 unspecified atom stereocenters. The van der Waals surface area contributed by atoms with E-state index in [2.05, 4.69) is 14.9 Å². The molecule has 1 fully saturated rings. The Balaban J connectivity index is 2.28. The lowest BCUT2D eigenvalue weighted by atomic mass is 10.4. The SMILES string of the molecule is CCOC(=O)c1cn[nH]c1S(=O)(=O)NC1(C)CC1. The van der Waals surface area contributed by atoms with Crippen molar-refractivity contribution in [1.82, 2.24) is 14.9 Å². The van der Waals surface area contributed by atoms with Crippen molar-refractivity contribution in [3.8, 4) is 0 Å². The number of aromatic nitrogens is 2. The summed E-state index contributed by atoms with van der Waals surface area (Å²) in [4.78, 5) is 11.6. The Morgan fingerprint density at radius 2 is 2.28 bits per heavy atom. The van der Waals surface area contributed by atoms with Gasteiger partial charge in [0.2, 0.25) is 0 Å². The molecule has 7 nitrogen and oxygen atoms in total. The van der Waals surface area contributed by atoms with Gasteiger partial charge >= 0.3 is 5.97 Å². The van der Waals surface area contributed by atoms with Gasteiger partial charge in [-0.05, 0) is 26.7 Å². The lowest BCUT2D eigenvalue weighted by molar-refractivity contribution is 0.0522. The molecule has 1 aliphatic carbocycles. The van der Waals surface area contributed by atoms with Crippen LogP contribution in [0.3, 0.4) is 0 Å². The first-order valence-corrected chi connectivity index (χ1v) is 7.11. The number of sulfonamides is 1. The molecule has 0 aliphatic heterocycles. The Bertz CT molecular complexity index is 559. The number of nitrogens with one attached hydrogen (secondary N) is 2. The summed E-state index contributed by atoms with van der Waals surface area (Å²) in [6.07, 6.45) is 2.73. The molecule has 2 rings (SSSR count). The number of hydrogen-bond acceptors (Lipinski definition) is 5. The summed E-state index contributed by atoms with van der Waals surface area (Å²) in [5.41, 5.74) is -0.482. The van der Waals surface area contributed by atoms with Crippen molar-refractivity contribution in [3.63, 3.8) is 0 Å². The lowest BCUT2D eigenvalue weighted by Gasteiger charge is -2.11. The van der Waals surface area contributed by atoms with E-state index in [9.17, 15) is 13.2 Å². The van der Waals surface area contributed by atoms with Crippen LogP contribution in [0.15, 0.2) is 11.2 Å². The number of carbonyl (C=O) groups excluding carboxylic acids is 1. The fourth-order valence-corrected chi connectivity index (χ4v) is 3.05. The van der Waals surface area contributed by atoms with Crippen LogP contribution < -0.4 is 4.72 Å². The molecule has 1 saturated carbocycles. The minimum atomic E-state index is -3.78. The topological polar surface area (TPSA) is 101 Å². The molecular formula is C10H15N3O4S. The van der Waals surface area contributed by atoms with E-state index in [1.807, 2.05) is 6.92 Å². The molecule has 0 bridgehead atoms. The summed E-state index contributed by atoms with van der Waals surface area (Å²) in [5.74, 6) is -0.701. The summed E-state index contributed by atoms with van der Waals surface area (Å²) in [6, 6.07) is 0. The molecule has 2 N–H and O–H groups in total. The predicted molar refractivity (Wildman–Crippen MR) is 62.5 cm³/mol. The molecule has 100 valence electrons. The highest BCUT2D eigenvalue weighted by atomic mass is 32.2. The number of aromatic amines is 1. The van der Waals surface area contributed by atoms with Crippen molar-refractivity contribution in [2.24, 2.45) is 0 Å². The van der Waals surface area contributed by atoms with Crippen molar-refractivity contribution in [3.05, 3.63) is 11.8 Å². The maximum Gasteiger partial charge on any atom is 0.342 e. The fraction of sp³-hybridized carbons (Fsp3) is 0.600. The van der Waals surface area contributed by atoms with Crippen LogP contribution >= 0.6 is 0 Å². The zero-order valence-corrected chi connectivity index (χ0v) is 11.0. The molecule has 1 aromatic heterocycles. The second-order valence-electron chi connectivity index (χ2n) is 4.50. The number of esters is 1. The number of H-pyrrole nitrogens is 1. The molecule has 0 amide bonds. The molecule has 1 aliphatic rings. The first kappa shape index (κ1) is 13.0. The van der Waals surface area contributed by atoms with Gasteiger partial charge in [0.25, 0.3) is 10.0 Å². The third-order valence-corrected chi connectivity index (χ3v) is 4.36. The Morgan fingerprint density at radius 3 is 2.83 bits per heavy atom. The van der Waals surface area contributed by atoms with Crippen LogP contribution in [0.25, 0.3) is 0 Å². The molecule has 0 atom stereocenters. The molecule has 8 heteroatoms. The number of ether oxygens (including phenoxy) is 1. The van der Waals surface area contributed by atoms with E-state index in [1.165, 1.54) is 0 Å². The minimum Gasteiger partial charge on any atom is -0.462 e. The van der Waals surface area contributed by atoms with Gasteiger partial charge in [-0.25, -0.2) is 17.9 Å². The van der Waals surface area contributed by atoms with Gasteiger partial charge in [-0.3, -0.25) is 5.10 Å². The fourth-order valence-electron chi connectivity index (χ4n) is 1.50. The van der Waals surface area contributed by atoms with Crippen molar-refractivity contribution in [2.45, 2.75) is 37.3 Å². The highest BCUT2D eigenvalue weighted by Gasteiger charge is 2.42. The van der Waals surface area contributed by atoms with Gasteiger partial charge in [-0.1, -0.05) is 0 Å². The van der Waals surface area contributed by atoms with E-state index in [0.717, 1.165) is 19.0 Å². The van der Waals surface area contributed by atoms with Crippen LogP contribution in [0, 0.1) is 0 Å². The second kappa shape index (κ2) is 4.36. The van der Waals surface area contributed by atoms with Crippen LogP contribution in [-0.4, -0.2) is 36.7 Å². The van der Waals surface area contributed by atoms with E-state index < -0.39 is 21.5 Å². The first-order chi connectivity index (χ1) is 8.38. The molecular weight excluding hydrogens is 258 g/mol. The van der Waals surface area contributed by atoms with Gasteiger partial charge in [0.1, 0.15) is 5.56 Å². The van der Waals surface area contributed by atoms with Gasteiger partial charge in [0, 0.05) is 5.54 Å². The quantitative estimate of drug-likeness (QED) is 0.757. The van der Waals surface area contributed by atoms with E-state index in [1.54, 1.807) is 6.92 Å². The summed E-state index contributed by atoms with van der Waals surface area (Å²) in [7, 11) is -3.78. The molecule has 1 heterocycles. The largest absolute Gasteiger partial charge is 0.462 e. The van der Waals surface area contributed by atoms with Gasteiger partial charge in [-0.2, -0.15) is 5.10 Å². The standard InChI is InChI=1S/C10H15N3O4S/c1-3-17-9(14)7-6-11-12-8(7)18(15,16)13-10(2)4-5-10/h6,13H,3-5H2,1-2H3,(H,11,12). The number of hydrogen-bond donors (Lipinski definition) is 2. The van der Waals surface area contributed by atoms with Crippen molar-refractivity contribution >= 4 is 16.0 Å². The Labute approximate surface area is 105 Å². The summed E-state index contributed by atoms with van der Waals surface area (Å²) >= 11 is 0. The van der Waals surface area contributed by atoms with Gasteiger partial charge in [0.15, 0.2) is 5.03 Å². The summed E-state index contributed by atoms with van der Waals surface area (Å²) in [6.45, 7) is 3.63. The van der Waals surface area contributed by atoms with Gasteiger partial charge in [0.05, 0.1) is 12.8 Å². The third kappa shape index (κ3) is 2.54. The van der Waals surface area contributed by atoms with Crippen molar-refractivity contribution in [2.75, 3.05) is 6.61 Å².